The molecule has 0 heterocycles. The molecule has 1 amide bonds. The lowest BCUT2D eigenvalue weighted by atomic mass is 10.2. The maximum atomic E-state index is 12.8. The fraction of sp³-hybridized carbons (Fsp3) is 0. The van der Waals surface area contributed by atoms with E-state index in [2.05, 4.69) is 41.9 Å². The van der Waals surface area contributed by atoms with Gasteiger partial charge in [-0.3, -0.25) is 9.52 Å². The summed E-state index contributed by atoms with van der Waals surface area (Å²) in [6.45, 7) is 0. The zero-order valence-corrected chi connectivity index (χ0v) is 18.9. The van der Waals surface area contributed by atoms with Gasteiger partial charge in [-0.25, -0.2) is 8.42 Å². The molecule has 2 N–H and O–H groups in total. The number of carbonyl (C=O) groups is 1. The largest absolute Gasteiger partial charge is 0.322 e. The van der Waals surface area contributed by atoms with Gasteiger partial charge in [0.05, 0.1) is 0 Å². The summed E-state index contributed by atoms with van der Waals surface area (Å²) in [5.41, 5.74) is 1.17. The molecule has 5 nitrogen and oxygen atoms in total. The molecule has 0 saturated carbocycles. The SMILES string of the molecule is O=C(Nc1ccc(Br)cc1)c1ccc(Br)c(S(=O)(=O)Nc2ccc(Cl)cc2)c1. The van der Waals surface area contributed by atoms with Crippen LogP contribution >= 0.6 is 43.5 Å². The highest BCUT2D eigenvalue weighted by Gasteiger charge is 2.20. The standard InChI is InChI=1S/C19H13Br2ClN2O3S/c20-13-2-6-15(7-3-13)23-19(25)12-1-10-17(21)18(11-12)28(26,27)24-16-8-4-14(22)5-9-16/h1-11,24H,(H,23,25). The lowest BCUT2D eigenvalue weighted by Gasteiger charge is -2.12. The first-order valence-electron chi connectivity index (χ1n) is 7.89. The molecule has 0 spiro atoms. The summed E-state index contributed by atoms with van der Waals surface area (Å²) in [6.07, 6.45) is 0. The van der Waals surface area contributed by atoms with E-state index in [1.165, 1.54) is 12.1 Å². The molecule has 0 saturated heterocycles. The summed E-state index contributed by atoms with van der Waals surface area (Å²) < 4.78 is 29.2. The molecule has 0 aliphatic heterocycles. The van der Waals surface area contributed by atoms with Crippen molar-refractivity contribution in [3.8, 4) is 0 Å². The third-order valence-electron chi connectivity index (χ3n) is 3.68. The number of amides is 1. The van der Waals surface area contributed by atoms with Gasteiger partial charge in [-0.1, -0.05) is 27.5 Å². The van der Waals surface area contributed by atoms with Crippen molar-refractivity contribution in [1.29, 1.82) is 0 Å². The number of halogens is 3. The van der Waals surface area contributed by atoms with Crippen LogP contribution in [0.2, 0.25) is 5.02 Å². The van der Waals surface area contributed by atoms with Crippen LogP contribution in [0.1, 0.15) is 10.4 Å². The average molecular weight is 545 g/mol. The zero-order valence-electron chi connectivity index (χ0n) is 14.1. The Kier molecular flexibility index (Phi) is 6.44. The topological polar surface area (TPSA) is 75.3 Å². The van der Waals surface area contributed by atoms with Gasteiger partial charge in [0.25, 0.3) is 15.9 Å². The Bertz CT molecular complexity index is 1120. The molecule has 0 radical (unpaired) electrons. The predicted octanol–water partition coefficient (Wildman–Crippen LogP) is 5.92. The molecular formula is C19H13Br2ClN2O3S. The third kappa shape index (κ3) is 5.14. The van der Waals surface area contributed by atoms with Crippen LogP contribution in [-0.2, 0) is 10.0 Å². The Morgan fingerprint density at radius 1 is 0.857 bits per heavy atom. The number of hydrogen-bond donors (Lipinski definition) is 2. The molecule has 0 aliphatic carbocycles. The summed E-state index contributed by atoms with van der Waals surface area (Å²) in [5, 5.41) is 3.23. The first-order valence-corrected chi connectivity index (χ1v) is 11.3. The van der Waals surface area contributed by atoms with Crippen LogP contribution in [0.4, 0.5) is 11.4 Å². The van der Waals surface area contributed by atoms with Crippen molar-refractivity contribution in [3.63, 3.8) is 0 Å². The lowest BCUT2D eigenvalue weighted by Crippen LogP contribution is -2.16. The van der Waals surface area contributed by atoms with Crippen LogP contribution in [0.3, 0.4) is 0 Å². The summed E-state index contributed by atoms with van der Waals surface area (Å²) in [7, 11) is -3.92. The normalized spacial score (nSPS) is 11.1. The number of anilines is 2. The molecule has 0 fully saturated rings. The summed E-state index contributed by atoms with van der Waals surface area (Å²) in [6, 6.07) is 17.7. The van der Waals surface area contributed by atoms with Crippen molar-refractivity contribution < 1.29 is 13.2 Å². The van der Waals surface area contributed by atoms with Crippen molar-refractivity contribution in [2.24, 2.45) is 0 Å². The highest BCUT2D eigenvalue weighted by molar-refractivity contribution is 9.10. The minimum absolute atomic E-state index is 0.0501. The Balaban J connectivity index is 1.86. The van der Waals surface area contributed by atoms with Crippen molar-refractivity contribution >= 4 is 70.8 Å². The van der Waals surface area contributed by atoms with Gasteiger partial charge < -0.3 is 5.32 Å². The second-order valence-corrected chi connectivity index (χ2v) is 9.58. The molecule has 0 aliphatic rings. The van der Waals surface area contributed by atoms with Gasteiger partial charge >= 0.3 is 0 Å². The van der Waals surface area contributed by atoms with Crippen LogP contribution in [0.5, 0.6) is 0 Å². The summed E-state index contributed by atoms with van der Waals surface area (Å²) >= 11 is 12.4. The van der Waals surface area contributed by atoms with E-state index in [0.717, 1.165) is 4.47 Å². The molecule has 3 aromatic rings. The van der Waals surface area contributed by atoms with Crippen LogP contribution in [0.25, 0.3) is 0 Å². The van der Waals surface area contributed by atoms with E-state index in [0.29, 0.717) is 20.9 Å². The molecule has 0 bridgehead atoms. The van der Waals surface area contributed by atoms with Gasteiger partial charge in [-0.15, -0.1) is 0 Å². The zero-order chi connectivity index (χ0) is 20.3. The van der Waals surface area contributed by atoms with Gasteiger partial charge in [-0.2, -0.15) is 0 Å². The fourth-order valence-electron chi connectivity index (χ4n) is 2.32. The van der Waals surface area contributed by atoms with E-state index in [9.17, 15) is 13.2 Å². The van der Waals surface area contributed by atoms with E-state index in [1.807, 2.05) is 0 Å². The van der Waals surface area contributed by atoms with Gasteiger partial charge in [0.15, 0.2) is 0 Å². The van der Waals surface area contributed by atoms with Crippen LogP contribution in [0, 0.1) is 0 Å². The molecule has 0 aromatic heterocycles. The average Bonchev–Trinajstić information content (AvgIpc) is 2.65. The van der Waals surface area contributed by atoms with Crippen LogP contribution in [0.15, 0.2) is 80.6 Å². The van der Waals surface area contributed by atoms with Crippen molar-refractivity contribution in [3.05, 3.63) is 86.3 Å². The third-order valence-corrected chi connectivity index (χ3v) is 6.84. The second kappa shape index (κ2) is 8.65. The fourth-order valence-corrected chi connectivity index (χ4v) is 4.75. The van der Waals surface area contributed by atoms with Gasteiger partial charge in [0.1, 0.15) is 4.90 Å². The van der Waals surface area contributed by atoms with Gasteiger partial charge in [0, 0.05) is 30.9 Å². The van der Waals surface area contributed by atoms with E-state index in [1.54, 1.807) is 54.6 Å². The first-order chi connectivity index (χ1) is 13.2. The summed E-state index contributed by atoms with van der Waals surface area (Å²) in [4.78, 5) is 12.5. The number of sulfonamides is 1. The van der Waals surface area contributed by atoms with E-state index in [-0.39, 0.29) is 10.5 Å². The predicted molar refractivity (Wildman–Crippen MR) is 118 cm³/mol. The van der Waals surface area contributed by atoms with E-state index in [4.69, 9.17) is 11.6 Å². The minimum atomic E-state index is -3.92. The maximum Gasteiger partial charge on any atom is 0.263 e. The molecule has 9 heteroatoms. The van der Waals surface area contributed by atoms with Crippen molar-refractivity contribution in [1.82, 2.24) is 0 Å². The lowest BCUT2D eigenvalue weighted by molar-refractivity contribution is 0.102. The molecule has 0 unspecified atom stereocenters. The van der Waals surface area contributed by atoms with Gasteiger partial charge in [-0.05, 0) is 82.7 Å². The highest BCUT2D eigenvalue weighted by atomic mass is 79.9. The molecule has 28 heavy (non-hydrogen) atoms. The Morgan fingerprint density at radius 3 is 2.11 bits per heavy atom. The number of rotatable bonds is 5. The first kappa shape index (κ1) is 20.9. The van der Waals surface area contributed by atoms with Gasteiger partial charge in [0.2, 0.25) is 0 Å². The quantitative estimate of drug-likeness (QED) is 0.419. The highest BCUT2D eigenvalue weighted by Crippen LogP contribution is 2.26. The van der Waals surface area contributed by atoms with Crippen molar-refractivity contribution in [2.75, 3.05) is 10.0 Å². The van der Waals surface area contributed by atoms with Crippen molar-refractivity contribution in [2.45, 2.75) is 4.90 Å². The summed E-state index contributed by atoms with van der Waals surface area (Å²) in [5.74, 6) is -0.419. The monoisotopic (exact) mass is 542 g/mol. The van der Waals surface area contributed by atoms with E-state index < -0.39 is 15.9 Å². The number of hydrogen-bond acceptors (Lipinski definition) is 3. The van der Waals surface area contributed by atoms with E-state index >= 15 is 0 Å². The molecule has 0 atom stereocenters. The minimum Gasteiger partial charge on any atom is -0.322 e. The Hall–Kier alpha value is -1.87. The van der Waals surface area contributed by atoms with Crippen LogP contribution in [-0.4, -0.2) is 14.3 Å². The maximum absolute atomic E-state index is 12.8. The van der Waals surface area contributed by atoms with Crippen LogP contribution < -0.4 is 10.0 Å². The Morgan fingerprint density at radius 2 is 1.46 bits per heavy atom. The number of carbonyl (C=O) groups excluding carboxylic acids is 1. The molecule has 3 aromatic carbocycles. The molecule has 3 rings (SSSR count). The second-order valence-electron chi connectivity index (χ2n) is 5.72. The molecule has 144 valence electrons. The number of nitrogens with one attached hydrogen (secondary N) is 2. The number of benzene rings is 3. The molecular weight excluding hydrogens is 532 g/mol. The Labute approximate surface area is 184 Å². The smallest absolute Gasteiger partial charge is 0.263 e.